The quantitative estimate of drug-likeness (QED) is 0.575. The Balaban J connectivity index is 2.34. The van der Waals surface area contributed by atoms with E-state index in [2.05, 4.69) is 43.5 Å². The van der Waals surface area contributed by atoms with Gasteiger partial charge in [0.15, 0.2) is 0 Å². The van der Waals surface area contributed by atoms with Crippen LogP contribution in [0.2, 0.25) is 0 Å². The molecule has 5 nitrogen and oxygen atoms in total. The lowest BCUT2D eigenvalue weighted by Gasteiger charge is -2.09. The van der Waals surface area contributed by atoms with E-state index < -0.39 is 0 Å². The summed E-state index contributed by atoms with van der Waals surface area (Å²) in [5, 5.41) is 15.2. The molecular weight excluding hydrogens is 308 g/mol. The number of nitrogens with one attached hydrogen (secondary N) is 2. The average Bonchev–Trinajstić information content (AvgIpc) is 2.43. The zero-order valence-electron chi connectivity index (χ0n) is 11.5. The third kappa shape index (κ3) is 6.73. The number of hydrogen-bond donors (Lipinski definition) is 3. The number of nitrogens with zero attached hydrogens (tertiary/aromatic N) is 2. The lowest BCUT2D eigenvalue weighted by molar-refractivity contribution is 0.283. The van der Waals surface area contributed by atoms with Crippen LogP contribution in [-0.4, -0.2) is 34.8 Å². The Bertz CT molecular complexity index is 362. The van der Waals surface area contributed by atoms with Crippen LogP contribution in [0.25, 0.3) is 0 Å². The van der Waals surface area contributed by atoms with Gasteiger partial charge in [-0.05, 0) is 35.2 Å². The van der Waals surface area contributed by atoms with Crippen LogP contribution >= 0.6 is 15.9 Å². The molecule has 0 fully saturated rings. The highest BCUT2D eigenvalue weighted by atomic mass is 79.9. The third-order valence-electron chi connectivity index (χ3n) is 2.65. The van der Waals surface area contributed by atoms with Gasteiger partial charge in [0.1, 0.15) is 5.82 Å². The molecule has 0 saturated heterocycles. The van der Waals surface area contributed by atoms with Gasteiger partial charge in [0.25, 0.3) is 0 Å². The van der Waals surface area contributed by atoms with Gasteiger partial charge in [-0.1, -0.05) is 19.8 Å². The second-order valence-corrected chi connectivity index (χ2v) is 5.24. The van der Waals surface area contributed by atoms with Gasteiger partial charge in [-0.2, -0.15) is 4.98 Å². The molecule has 0 bridgehead atoms. The van der Waals surface area contributed by atoms with Crippen LogP contribution in [0, 0.1) is 0 Å². The van der Waals surface area contributed by atoms with E-state index in [0.29, 0.717) is 5.95 Å². The Morgan fingerprint density at radius 2 is 1.95 bits per heavy atom. The van der Waals surface area contributed by atoms with Crippen molar-refractivity contribution in [3.63, 3.8) is 0 Å². The SMILES string of the molecule is CCCNc1ncc(Br)c(NCCCCCCO)n1. The van der Waals surface area contributed by atoms with Crippen LogP contribution in [0.3, 0.4) is 0 Å². The van der Waals surface area contributed by atoms with Gasteiger partial charge >= 0.3 is 0 Å². The summed E-state index contributed by atoms with van der Waals surface area (Å²) in [6.07, 6.45) is 6.98. The molecule has 1 heterocycles. The van der Waals surface area contributed by atoms with Crippen LogP contribution in [-0.2, 0) is 0 Å². The van der Waals surface area contributed by atoms with E-state index in [4.69, 9.17) is 5.11 Å². The highest BCUT2D eigenvalue weighted by Gasteiger charge is 2.03. The summed E-state index contributed by atoms with van der Waals surface area (Å²) in [7, 11) is 0. The number of unbranched alkanes of at least 4 members (excludes halogenated alkanes) is 3. The van der Waals surface area contributed by atoms with Crippen molar-refractivity contribution in [2.24, 2.45) is 0 Å². The minimum atomic E-state index is 0.289. The highest BCUT2D eigenvalue weighted by Crippen LogP contribution is 2.20. The maximum absolute atomic E-state index is 8.69. The van der Waals surface area contributed by atoms with Crippen molar-refractivity contribution in [2.75, 3.05) is 30.3 Å². The Labute approximate surface area is 123 Å². The molecule has 1 aromatic rings. The monoisotopic (exact) mass is 330 g/mol. The Morgan fingerprint density at radius 1 is 1.16 bits per heavy atom. The van der Waals surface area contributed by atoms with E-state index in [1.807, 2.05) is 0 Å². The number of hydrogen-bond acceptors (Lipinski definition) is 5. The number of halogens is 1. The van der Waals surface area contributed by atoms with Gasteiger partial charge in [-0.25, -0.2) is 4.98 Å². The van der Waals surface area contributed by atoms with Crippen molar-refractivity contribution < 1.29 is 5.11 Å². The molecule has 0 aliphatic rings. The largest absolute Gasteiger partial charge is 0.396 e. The topological polar surface area (TPSA) is 70.1 Å². The number of anilines is 2. The zero-order chi connectivity index (χ0) is 13.9. The minimum absolute atomic E-state index is 0.289. The minimum Gasteiger partial charge on any atom is -0.396 e. The van der Waals surface area contributed by atoms with Gasteiger partial charge < -0.3 is 15.7 Å². The molecule has 0 unspecified atom stereocenters. The molecule has 108 valence electrons. The number of aromatic nitrogens is 2. The molecule has 0 amide bonds. The van der Waals surface area contributed by atoms with Crippen molar-refractivity contribution in [1.29, 1.82) is 0 Å². The molecule has 0 radical (unpaired) electrons. The fourth-order valence-corrected chi connectivity index (χ4v) is 1.94. The van der Waals surface area contributed by atoms with Gasteiger partial charge in [0, 0.05) is 25.9 Å². The summed E-state index contributed by atoms with van der Waals surface area (Å²) < 4.78 is 0.880. The second-order valence-electron chi connectivity index (χ2n) is 4.38. The van der Waals surface area contributed by atoms with Crippen LogP contribution in [0.15, 0.2) is 10.7 Å². The van der Waals surface area contributed by atoms with Crippen LogP contribution in [0.1, 0.15) is 39.0 Å². The third-order valence-corrected chi connectivity index (χ3v) is 3.23. The summed E-state index contributed by atoms with van der Waals surface area (Å²) in [6.45, 7) is 4.16. The van der Waals surface area contributed by atoms with E-state index in [0.717, 1.165) is 55.5 Å². The van der Waals surface area contributed by atoms with Gasteiger partial charge in [-0.3, -0.25) is 0 Å². The number of aliphatic hydroxyl groups is 1. The van der Waals surface area contributed by atoms with Crippen molar-refractivity contribution in [2.45, 2.75) is 39.0 Å². The highest BCUT2D eigenvalue weighted by molar-refractivity contribution is 9.10. The van der Waals surface area contributed by atoms with Crippen molar-refractivity contribution in [3.8, 4) is 0 Å². The molecule has 0 spiro atoms. The molecule has 0 aliphatic heterocycles. The molecule has 6 heteroatoms. The lowest BCUT2D eigenvalue weighted by Crippen LogP contribution is -2.09. The van der Waals surface area contributed by atoms with Crippen LogP contribution in [0.4, 0.5) is 11.8 Å². The first-order valence-electron chi connectivity index (χ1n) is 6.89. The van der Waals surface area contributed by atoms with Crippen molar-refractivity contribution >= 4 is 27.7 Å². The van der Waals surface area contributed by atoms with Gasteiger partial charge in [0.05, 0.1) is 4.47 Å². The summed E-state index contributed by atoms with van der Waals surface area (Å²) in [6, 6.07) is 0. The van der Waals surface area contributed by atoms with E-state index in [-0.39, 0.29) is 6.61 Å². The fourth-order valence-electron chi connectivity index (χ4n) is 1.61. The van der Waals surface area contributed by atoms with Gasteiger partial charge in [0.2, 0.25) is 5.95 Å². The summed E-state index contributed by atoms with van der Waals surface area (Å²) >= 11 is 3.44. The first-order chi connectivity index (χ1) is 9.27. The van der Waals surface area contributed by atoms with Crippen molar-refractivity contribution in [1.82, 2.24) is 9.97 Å². The Kier molecular flexibility index (Phi) is 8.49. The zero-order valence-corrected chi connectivity index (χ0v) is 13.0. The van der Waals surface area contributed by atoms with Crippen LogP contribution < -0.4 is 10.6 Å². The van der Waals surface area contributed by atoms with E-state index in [1.54, 1.807) is 6.20 Å². The van der Waals surface area contributed by atoms with E-state index >= 15 is 0 Å². The van der Waals surface area contributed by atoms with Gasteiger partial charge in [-0.15, -0.1) is 0 Å². The molecule has 0 aliphatic carbocycles. The normalized spacial score (nSPS) is 10.5. The lowest BCUT2D eigenvalue weighted by atomic mass is 10.2. The Hall–Kier alpha value is -0.880. The number of rotatable bonds is 10. The summed E-state index contributed by atoms with van der Waals surface area (Å²) in [5.41, 5.74) is 0. The van der Waals surface area contributed by atoms with E-state index in [1.165, 1.54) is 0 Å². The summed E-state index contributed by atoms with van der Waals surface area (Å²) in [5.74, 6) is 1.49. The predicted molar refractivity (Wildman–Crippen MR) is 82.6 cm³/mol. The smallest absolute Gasteiger partial charge is 0.224 e. The maximum atomic E-state index is 8.69. The molecule has 0 aromatic carbocycles. The number of aliphatic hydroxyl groups excluding tert-OH is 1. The average molecular weight is 331 g/mol. The molecule has 1 aromatic heterocycles. The molecule has 1 rings (SSSR count). The molecule has 3 N–H and O–H groups in total. The maximum Gasteiger partial charge on any atom is 0.224 e. The molecule has 0 saturated carbocycles. The molecule has 0 atom stereocenters. The molecule has 19 heavy (non-hydrogen) atoms. The first kappa shape index (κ1) is 16.2. The Morgan fingerprint density at radius 3 is 2.68 bits per heavy atom. The first-order valence-corrected chi connectivity index (χ1v) is 7.68. The second kappa shape index (κ2) is 9.97. The summed E-state index contributed by atoms with van der Waals surface area (Å²) in [4.78, 5) is 8.63. The van der Waals surface area contributed by atoms with Crippen LogP contribution in [0.5, 0.6) is 0 Å². The fraction of sp³-hybridized carbons (Fsp3) is 0.692. The standard InChI is InChI=1S/C13H23BrN4O/c1-2-7-16-13-17-10-11(14)12(18-13)15-8-5-3-4-6-9-19/h10,19H,2-9H2,1H3,(H2,15,16,17,18). The molecular formula is C13H23BrN4O. The predicted octanol–water partition coefficient (Wildman–Crippen LogP) is 3.03. The van der Waals surface area contributed by atoms with E-state index in [9.17, 15) is 0 Å². The van der Waals surface area contributed by atoms with Crippen molar-refractivity contribution in [3.05, 3.63) is 10.7 Å².